The fourth-order valence-corrected chi connectivity index (χ4v) is 5.53. The van der Waals surface area contributed by atoms with Gasteiger partial charge in [-0.2, -0.15) is 0 Å². The molecule has 0 unspecified atom stereocenters. The normalized spacial score (nSPS) is 11.4. The third-order valence-corrected chi connectivity index (χ3v) is 7.48. The Balaban J connectivity index is 1.60. The van der Waals surface area contributed by atoms with Crippen molar-refractivity contribution in [2.75, 3.05) is 4.72 Å². The van der Waals surface area contributed by atoms with Crippen LogP contribution >= 0.6 is 22.7 Å². The lowest BCUT2D eigenvalue weighted by Gasteiger charge is -2.10. The number of nitrogen functional groups attached to an aromatic ring is 1. The summed E-state index contributed by atoms with van der Waals surface area (Å²) in [6.45, 7) is 0. The summed E-state index contributed by atoms with van der Waals surface area (Å²) >= 11 is 2.75. The van der Waals surface area contributed by atoms with Crippen LogP contribution in [0.15, 0.2) is 64.2 Å². The summed E-state index contributed by atoms with van der Waals surface area (Å²) in [5.41, 5.74) is 7.85. The van der Waals surface area contributed by atoms with E-state index in [4.69, 9.17) is 11.1 Å². The van der Waals surface area contributed by atoms with Gasteiger partial charge in [-0.1, -0.05) is 12.1 Å². The van der Waals surface area contributed by atoms with Crippen LogP contribution in [0.5, 0.6) is 0 Å². The predicted molar refractivity (Wildman–Crippen MR) is 119 cm³/mol. The Kier molecular flexibility index (Phi) is 5.56. The Bertz CT molecular complexity index is 1400. The van der Waals surface area contributed by atoms with E-state index in [9.17, 15) is 17.2 Å². The maximum absolute atomic E-state index is 13.9. The minimum atomic E-state index is -4.24. The highest BCUT2D eigenvalue weighted by atomic mass is 32.2. The summed E-state index contributed by atoms with van der Waals surface area (Å²) in [4.78, 5) is 4.58. The molecule has 0 aliphatic rings. The van der Waals surface area contributed by atoms with Gasteiger partial charge in [0.25, 0.3) is 10.0 Å². The number of thiazole rings is 1. The van der Waals surface area contributed by atoms with Crippen LogP contribution in [0.25, 0.3) is 21.8 Å². The fraction of sp³-hybridized carbons (Fsp3) is 0. The number of nitrogens with one attached hydrogen (secondary N) is 2. The summed E-state index contributed by atoms with van der Waals surface area (Å²) in [5, 5.41) is 11.9. The molecule has 0 saturated heterocycles. The summed E-state index contributed by atoms with van der Waals surface area (Å²) in [6, 6.07) is 10.6. The quantitative estimate of drug-likeness (QED) is 0.272. The molecule has 0 spiro atoms. The number of sulfonamides is 1. The molecule has 0 amide bonds. The molecular formula is C20H14F2N4O2S3. The topological polar surface area (TPSA) is 109 Å². The Hall–Kier alpha value is -3.15. The smallest absolute Gasteiger partial charge is 0.264 e. The molecule has 0 radical (unpaired) electrons. The molecular weight excluding hydrogens is 462 g/mol. The maximum Gasteiger partial charge on any atom is 0.264 e. The standard InChI is InChI=1S/C20H14F2N4O2S3/c21-13-4-5-18(15(22)8-13)31(27,28)26-14-3-1-2-11(6-14)16-10-30-20(25-16)12-7-17(19(23)24)29-9-12/h1-10,26H,(H3,23,24). The molecule has 4 aromatic rings. The van der Waals surface area contributed by atoms with Crippen molar-refractivity contribution in [1.82, 2.24) is 4.98 Å². The molecule has 11 heteroatoms. The van der Waals surface area contributed by atoms with E-state index in [-0.39, 0.29) is 11.5 Å². The van der Waals surface area contributed by atoms with Crippen LogP contribution in [-0.4, -0.2) is 19.2 Å². The molecule has 0 aliphatic heterocycles. The number of halogens is 2. The van der Waals surface area contributed by atoms with E-state index < -0.39 is 26.6 Å². The number of aromatic nitrogens is 1. The Morgan fingerprint density at radius 2 is 1.84 bits per heavy atom. The zero-order valence-electron chi connectivity index (χ0n) is 15.6. The highest BCUT2D eigenvalue weighted by molar-refractivity contribution is 7.92. The largest absolute Gasteiger partial charge is 0.383 e. The van der Waals surface area contributed by atoms with Gasteiger partial charge in [-0.3, -0.25) is 10.1 Å². The van der Waals surface area contributed by atoms with E-state index in [0.717, 1.165) is 22.7 Å². The molecule has 2 heterocycles. The van der Waals surface area contributed by atoms with Crippen LogP contribution < -0.4 is 10.5 Å². The predicted octanol–water partition coefficient (Wildman–Crippen LogP) is 4.90. The number of amidine groups is 1. The highest BCUT2D eigenvalue weighted by Gasteiger charge is 2.20. The number of nitrogens with zero attached hydrogens (tertiary/aromatic N) is 1. The molecule has 158 valence electrons. The average molecular weight is 477 g/mol. The van der Waals surface area contributed by atoms with Crippen molar-refractivity contribution in [2.45, 2.75) is 4.90 Å². The summed E-state index contributed by atoms with van der Waals surface area (Å²) in [6.07, 6.45) is 0. The number of nitrogens with two attached hydrogens (primary N) is 1. The van der Waals surface area contributed by atoms with E-state index in [1.165, 1.54) is 28.7 Å². The molecule has 2 aromatic heterocycles. The zero-order valence-corrected chi connectivity index (χ0v) is 18.0. The SMILES string of the molecule is N=C(N)c1cc(-c2nc(-c3cccc(NS(=O)(=O)c4ccc(F)cc4F)c3)cs2)cs1. The molecule has 0 bridgehead atoms. The molecule has 4 N–H and O–H groups in total. The van der Waals surface area contributed by atoms with Crippen molar-refractivity contribution in [3.8, 4) is 21.8 Å². The van der Waals surface area contributed by atoms with Crippen molar-refractivity contribution in [2.24, 2.45) is 5.73 Å². The molecule has 0 aliphatic carbocycles. The summed E-state index contributed by atoms with van der Waals surface area (Å²) in [7, 11) is -4.24. The average Bonchev–Trinajstić information content (AvgIpc) is 3.37. The van der Waals surface area contributed by atoms with Crippen LogP contribution in [-0.2, 0) is 10.0 Å². The Labute approximate surface area is 184 Å². The maximum atomic E-state index is 13.9. The van der Waals surface area contributed by atoms with Gasteiger partial charge < -0.3 is 5.73 Å². The second kappa shape index (κ2) is 8.17. The lowest BCUT2D eigenvalue weighted by atomic mass is 10.1. The number of benzene rings is 2. The number of anilines is 1. The minimum absolute atomic E-state index is 0.00870. The third kappa shape index (κ3) is 4.48. The van der Waals surface area contributed by atoms with Gasteiger partial charge in [-0.15, -0.1) is 22.7 Å². The first kappa shape index (κ1) is 21.1. The molecule has 6 nitrogen and oxygen atoms in total. The number of rotatable bonds is 6. The van der Waals surface area contributed by atoms with Crippen molar-refractivity contribution < 1.29 is 17.2 Å². The molecule has 0 fully saturated rings. The summed E-state index contributed by atoms with van der Waals surface area (Å²) < 4.78 is 54.3. The van der Waals surface area contributed by atoms with Crippen molar-refractivity contribution in [1.29, 1.82) is 5.41 Å². The summed E-state index contributed by atoms with van der Waals surface area (Å²) in [5.74, 6) is -2.04. The molecule has 4 rings (SSSR count). The van der Waals surface area contributed by atoms with Crippen molar-refractivity contribution in [3.63, 3.8) is 0 Å². The minimum Gasteiger partial charge on any atom is -0.383 e. The van der Waals surface area contributed by atoms with Gasteiger partial charge in [-0.25, -0.2) is 22.2 Å². The van der Waals surface area contributed by atoms with Crippen LogP contribution in [0, 0.1) is 17.0 Å². The van der Waals surface area contributed by atoms with Crippen LogP contribution in [0.2, 0.25) is 0 Å². The number of thiophene rings is 1. The van der Waals surface area contributed by atoms with E-state index in [1.807, 2.05) is 10.8 Å². The van der Waals surface area contributed by atoms with Crippen molar-refractivity contribution >= 4 is 44.2 Å². The second-order valence-corrected chi connectivity index (χ2v) is 9.83. The van der Waals surface area contributed by atoms with Gasteiger partial charge in [-0.05, 0) is 30.3 Å². The Morgan fingerprint density at radius 3 is 2.55 bits per heavy atom. The zero-order chi connectivity index (χ0) is 22.2. The second-order valence-electron chi connectivity index (χ2n) is 6.41. The van der Waals surface area contributed by atoms with Crippen LogP contribution in [0.4, 0.5) is 14.5 Å². The van der Waals surface area contributed by atoms with Crippen LogP contribution in [0.3, 0.4) is 0 Å². The molecule has 31 heavy (non-hydrogen) atoms. The van der Waals surface area contributed by atoms with E-state index in [2.05, 4.69) is 9.71 Å². The first-order valence-electron chi connectivity index (χ1n) is 8.70. The van der Waals surface area contributed by atoms with Crippen LogP contribution in [0.1, 0.15) is 4.88 Å². The van der Waals surface area contributed by atoms with Crippen molar-refractivity contribution in [3.05, 3.63) is 75.8 Å². The van der Waals surface area contributed by atoms with Gasteiger partial charge in [0.1, 0.15) is 27.4 Å². The molecule has 0 atom stereocenters. The third-order valence-electron chi connectivity index (χ3n) is 4.21. The molecule has 2 aromatic carbocycles. The van der Waals surface area contributed by atoms with E-state index >= 15 is 0 Å². The number of hydrogen-bond donors (Lipinski definition) is 3. The van der Waals surface area contributed by atoms with Gasteiger partial charge in [0, 0.05) is 33.6 Å². The van der Waals surface area contributed by atoms with Gasteiger partial charge >= 0.3 is 0 Å². The lowest BCUT2D eigenvalue weighted by molar-refractivity contribution is 0.551. The van der Waals surface area contributed by atoms with Gasteiger partial charge in [0.15, 0.2) is 0 Å². The Morgan fingerprint density at radius 1 is 1.03 bits per heavy atom. The van der Waals surface area contributed by atoms with E-state index in [1.54, 1.807) is 24.3 Å². The van der Waals surface area contributed by atoms with E-state index in [0.29, 0.717) is 22.2 Å². The highest BCUT2D eigenvalue weighted by Crippen LogP contribution is 2.32. The lowest BCUT2D eigenvalue weighted by Crippen LogP contribution is -2.14. The monoisotopic (exact) mass is 476 g/mol. The molecule has 0 saturated carbocycles. The number of hydrogen-bond acceptors (Lipinski definition) is 6. The van der Waals surface area contributed by atoms with Gasteiger partial charge in [0.05, 0.1) is 10.6 Å². The fourth-order valence-electron chi connectivity index (χ4n) is 2.77. The first-order valence-corrected chi connectivity index (χ1v) is 11.9. The van der Waals surface area contributed by atoms with Gasteiger partial charge in [0.2, 0.25) is 0 Å². The first-order chi connectivity index (χ1) is 14.7.